The van der Waals surface area contributed by atoms with E-state index in [0.717, 1.165) is 38.5 Å². The summed E-state index contributed by atoms with van der Waals surface area (Å²) in [4.78, 5) is 14.5. The lowest BCUT2D eigenvalue weighted by atomic mass is 9.90. The number of sulfone groups is 1. The van der Waals surface area contributed by atoms with Gasteiger partial charge < -0.3 is 10.6 Å². The smallest absolute Gasteiger partial charge is 0.226 e. The topological polar surface area (TPSA) is 80.5 Å². The van der Waals surface area contributed by atoms with Crippen LogP contribution in [0.4, 0.5) is 0 Å². The molecule has 2 aliphatic rings. The Labute approximate surface area is 128 Å². The lowest BCUT2D eigenvalue weighted by molar-refractivity contribution is -0.137. The zero-order valence-corrected chi connectivity index (χ0v) is 13.9. The molecule has 6 heteroatoms. The molecule has 122 valence electrons. The summed E-state index contributed by atoms with van der Waals surface area (Å²) in [7, 11) is -1.33. The molecule has 0 radical (unpaired) electrons. The first kappa shape index (κ1) is 16.7. The van der Waals surface area contributed by atoms with Crippen molar-refractivity contribution in [2.24, 2.45) is 17.6 Å². The Morgan fingerprint density at radius 2 is 1.81 bits per heavy atom. The second kappa shape index (κ2) is 6.65. The molecule has 21 heavy (non-hydrogen) atoms. The van der Waals surface area contributed by atoms with Crippen molar-refractivity contribution in [3.05, 3.63) is 0 Å². The molecule has 2 aliphatic carbocycles. The first-order chi connectivity index (χ1) is 9.86. The van der Waals surface area contributed by atoms with Crippen LogP contribution in [0.2, 0.25) is 0 Å². The lowest BCUT2D eigenvalue weighted by Gasteiger charge is -2.38. The number of carbonyl (C=O) groups excluding carboxylic acids is 1. The predicted octanol–water partition coefficient (Wildman–Crippen LogP) is 1.18. The Balaban J connectivity index is 2.13. The highest BCUT2D eigenvalue weighted by Gasteiger charge is 2.40. The molecular weight excluding hydrogens is 288 g/mol. The fourth-order valence-corrected chi connectivity index (χ4v) is 5.57. The maximum absolute atomic E-state index is 12.8. The van der Waals surface area contributed by atoms with Crippen LogP contribution in [-0.2, 0) is 14.6 Å². The number of nitrogens with two attached hydrogens (primary N) is 1. The van der Waals surface area contributed by atoms with Gasteiger partial charge >= 0.3 is 0 Å². The molecule has 0 saturated heterocycles. The van der Waals surface area contributed by atoms with Crippen LogP contribution in [0.3, 0.4) is 0 Å². The molecule has 5 nitrogen and oxygen atoms in total. The number of nitrogens with zero attached hydrogens (tertiary/aromatic N) is 1. The van der Waals surface area contributed by atoms with Gasteiger partial charge in [-0.3, -0.25) is 4.79 Å². The molecule has 0 aromatic heterocycles. The fourth-order valence-electron chi connectivity index (χ4n) is 4.09. The lowest BCUT2D eigenvalue weighted by Crippen LogP contribution is -2.51. The van der Waals surface area contributed by atoms with Gasteiger partial charge in [-0.25, -0.2) is 8.42 Å². The Morgan fingerprint density at radius 1 is 1.14 bits per heavy atom. The van der Waals surface area contributed by atoms with Gasteiger partial charge in [0.2, 0.25) is 5.91 Å². The Kier molecular flexibility index (Phi) is 5.30. The molecule has 0 aromatic carbocycles. The van der Waals surface area contributed by atoms with Crippen LogP contribution in [0.1, 0.15) is 44.9 Å². The monoisotopic (exact) mass is 316 g/mol. The first-order valence-electron chi connectivity index (χ1n) is 8.02. The summed E-state index contributed by atoms with van der Waals surface area (Å²) in [6.07, 6.45) is 7.65. The highest BCUT2D eigenvalue weighted by atomic mass is 32.2. The molecule has 0 bridgehead atoms. The van der Waals surface area contributed by atoms with Crippen molar-refractivity contribution >= 4 is 15.7 Å². The van der Waals surface area contributed by atoms with Gasteiger partial charge in [0.1, 0.15) is 0 Å². The molecule has 0 aromatic rings. The normalized spacial score (nSPS) is 33.9. The summed E-state index contributed by atoms with van der Waals surface area (Å²) >= 11 is 0. The minimum absolute atomic E-state index is 0.0119. The maximum Gasteiger partial charge on any atom is 0.226 e. The predicted molar refractivity (Wildman–Crippen MR) is 83.5 cm³/mol. The zero-order valence-electron chi connectivity index (χ0n) is 13.1. The molecule has 2 saturated carbocycles. The average molecular weight is 316 g/mol. The van der Waals surface area contributed by atoms with Crippen LogP contribution in [0.5, 0.6) is 0 Å². The maximum atomic E-state index is 12.8. The van der Waals surface area contributed by atoms with Gasteiger partial charge in [-0.15, -0.1) is 0 Å². The van der Waals surface area contributed by atoms with Crippen LogP contribution in [0, 0.1) is 11.8 Å². The van der Waals surface area contributed by atoms with E-state index in [9.17, 15) is 13.2 Å². The third kappa shape index (κ3) is 3.59. The summed E-state index contributed by atoms with van der Waals surface area (Å²) in [6, 6.07) is -0.166. The molecular formula is C15H28N2O3S. The Bertz CT molecular complexity index is 477. The molecule has 2 unspecified atom stereocenters. The number of carbonyl (C=O) groups is 1. The molecule has 2 rings (SSSR count). The summed E-state index contributed by atoms with van der Waals surface area (Å²) < 4.78 is 24.0. The molecule has 2 N–H and O–H groups in total. The van der Waals surface area contributed by atoms with Crippen molar-refractivity contribution in [2.75, 3.05) is 19.8 Å². The average Bonchev–Trinajstić information content (AvgIpc) is 2.93. The van der Waals surface area contributed by atoms with Crippen molar-refractivity contribution in [3.63, 3.8) is 0 Å². The van der Waals surface area contributed by atoms with E-state index in [0.29, 0.717) is 13.0 Å². The van der Waals surface area contributed by atoms with Crippen LogP contribution < -0.4 is 5.73 Å². The zero-order chi connectivity index (χ0) is 15.6. The van der Waals surface area contributed by atoms with Gasteiger partial charge in [0.15, 0.2) is 9.84 Å². The number of hydrogen-bond acceptors (Lipinski definition) is 4. The quantitative estimate of drug-likeness (QED) is 0.844. The first-order valence-corrected chi connectivity index (χ1v) is 9.97. The standard InChI is InChI=1S/C15H28N2O3S/c1-17(15(18)12-7-5-6-11(12)10-16)13-8-3-4-9-14(13)21(2,19)20/h11-14H,3-10,16H2,1-2H3/t11-,12-,13?,14?/m1/s1. The van der Waals surface area contributed by atoms with Gasteiger partial charge in [-0.05, 0) is 38.1 Å². The van der Waals surface area contributed by atoms with Crippen molar-refractivity contribution < 1.29 is 13.2 Å². The fraction of sp³-hybridized carbons (Fsp3) is 0.933. The van der Waals surface area contributed by atoms with E-state index in [1.807, 2.05) is 0 Å². The van der Waals surface area contributed by atoms with E-state index >= 15 is 0 Å². The van der Waals surface area contributed by atoms with E-state index in [1.54, 1.807) is 11.9 Å². The molecule has 0 heterocycles. The van der Waals surface area contributed by atoms with Crippen LogP contribution in [0.25, 0.3) is 0 Å². The number of hydrogen-bond donors (Lipinski definition) is 1. The van der Waals surface area contributed by atoms with Crippen LogP contribution in [0.15, 0.2) is 0 Å². The van der Waals surface area contributed by atoms with Gasteiger partial charge in [-0.2, -0.15) is 0 Å². The van der Waals surface area contributed by atoms with E-state index in [4.69, 9.17) is 5.73 Å². The Hall–Kier alpha value is -0.620. The Morgan fingerprint density at radius 3 is 2.43 bits per heavy atom. The minimum Gasteiger partial charge on any atom is -0.341 e. The van der Waals surface area contributed by atoms with Gasteiger partial charge in [0.05, 0.1) is 5.25 Å². The van der Waals surface area contributed by atoms with Crippen LogP contribution in [-0.4, -0.2) is 50.4 Å². The van der Waals surface area contributed by atoms with E-state index < -0.39 is 15.1 Å². The van der Waals surface area contributed by atoms with Crippen molar-refractivity contribution in [1.82, 2.24) is 4.90 Å². The summed E-state index contributed by atoms with van der Waals surface area (Å²) in [5.74, 6) is 0.353. The number of rotatable bonds is 4. The molecule has 1 amide bonds. The van der Waals surface area contributed by atoms with E-state index in [2.05, 4.69) is 0 Å². The van der Waals surface area contributed by atoms with Crippen molar-refractivity contribution in [2.45, 2.75) is 56.2 Å². The third-order valence-electron chi connectivity index (χ3n) is 5.34. The molecule has 2 fully saturated rings. The highest BCUT2D eigenvalue weighted by molar-refractivity contribution is 7.91. The number of amides is 1. The van der Waals surface area contributed by atoms with E-state index in [1.165, 1.54) is 6.26 Å². The summed E-state index contributed by atoms with van der Waals surface area (Å²) in [5.41, 5.74) is 5.77. The van der Waals surface area contributed by atoms with Crippen molar-refractivity contribution in [1.29, 1.82) is 0 Å². The largest absolute Gasteiger partial charge is 0.341 e. The summed E-state index contributed by atoms with van der Waals surface area (Å²) in [5, 5.41) is -0.405. The second-order valence-electron chi connectivity index (χ2n) is 6.70. The molecule has 0 spiro atoms. The van der Waals surface area contributed by atoms with Gasteiger partial charge in [0, 0.05) is 25.3 Å². The summed E-state index contributed by atoms with van der Waals surface area (Å²) in [6.45, 7) is 0.546. The third-order valence-corrected chi connectivity index (χ3v) is 6.99. The van der Waals surface area contributed by atoms with E-state index in [-0.39, 0.29) is 23.8 Å². The second-order valence-corrected chi connectivity index (χ2v) is 8.97. The van der Waals surface area contributed by atoms with Crippen molar-refractivity contribution in [3.8, 4) is 0 Å². The molecule has 0 aliphatic heterocycles. The van der Waals surface area contributed by atoms with Crippen LogP contribution >= 0.6 is 0 Å². The molecule has 4 atom stereocenters. The van der Waals surface area contributed by atoms with Gasteiger partial charge in [-0.1, -0.05) is 19.3 Å². The van der Waals surface area contributed by atoms with Gasteiger partial charge in [0.25, 0.3) is 0 Å². The SMILES string of the molecule is CN(C(=O)[C@@H]1CCC[C@@H]1CN)C1CCCCC1S(C)(=O)=O. The minimum atomic E-state index is -3.11. The highest BCUT2D eigenvalue weighted by Crippen LogP contribution is 2.34.